The van der Waals surface area contributed by atoms with Crippen molar-refractivity contribution in [2.24, 2.45) is 17.3 Å². The largest absolute Gasteiger partial charge is 0.493 e. The first-order valence-electron chi connectivity index (χ1n) is 8.08. The molecule has 0 bridgehead atoms. The Morgan fingerprint density at radius 1 is 1.27 bits per heavy atom. The number of aryl methyl sites for hydroxylation is 2. The van der Waals surface area contributed by atoms with Crippen molar-refractivity contribution < 1.29 is 14.6 Å². The van der Waals surface area contributed by atoms with Crippen LogP contribution in [0.15, 0.2) is 18.2 Å². The third-order valence-electron chi connectivity index (χ3n) is 4.40. The summed E-state index contributed by atoms with van der Waals surface area (Å²) in [5.74, 6) is 0.751. The molecule has 0 aliphatic carbocycles. The van der Waals surface area contributed by atoms with E-state index < -0.39 is 11.4 Å². The molecule has 0 fully saturated rings. The second kappa shape index (κ2) is 7.66. The van der Waals surface area contributed by atoms with Crippen LogP contribution in [0.4, 0.5) is 0 Å². The molecule has 22 heavy (non-hydrogen) atoms. The highest BCUT2D eigenvalue weighted by molar-refractivity contribution is 5.74. The first kappa shape index (κ1) is 18.5. The lowest BCUT2D eigenvalue weighted by molar-refractivity contribution is -0.150. The Morgan fingerprint density at radius 2 is 1.91 bits per heavy atom. The fourth-order valence-electron chi connectivity index (χ4n) is 2.69. The Bertz CT molecular complexity index is 503. The van der Waals surface area contributed by atoms with Gasteiger partial charge >= 0.3 is 5.97 Å². The molecule has 1 aromatic carbocycles. The average Bonchev–Trinajstić information content (AvgIpc) is 2.40. The van der Waals surface area contributed by atoms with E-state index in [4.69, 9.17) is 4.74 Å². The van der Waals surface area contributed by atoms with Gasteiger partial charge in [0.15, 0.2) is 0 Å². The molecule has 1 aromatic rings. The number of carboxylic acid groups (broad SMARTS) is 1. The Kier molecular flexibility index (Phi) is 6.46. The van der Waals surface area contributed by atoms with Crippen LogP contribution in [-0.2, 0) is 4.79 Å². The zero-order valence-corrected chi connectivity index (χ0v) is 14.8. The molecule has 0 aliphatic rings. The summed E-state index contributed by atoms with van der Waals surface area (Å²) in [5, 5.41) is 9.48. The molecule has 3 nitrogen and oxygen atoms in total. The Hall–Kier alpha value is -1.51. The molecule has 0 amide bonds. The summed E-state index contributed by atoms with van der Waals surface area (Å²) in [6.07, 6.45) is 1.65. The summed E-state index contributed by atoms with van der Waals surface area (Å²) >= 11 is 0. The molecule has 1 N–H and O–H groups in total. The van der Waals surface area contributed by atoms with Crippen LogP contribution in [0, 0.1) is 31.1 Å². The van der Waals surface area contributed by atoms with Gasteiger partial charge in [-0.15, -0.1) is 0 Å². The number of hydrogen-bond acceptors (Lipinski definition) is 2. The summed E-state index contributed by atoms with van der Waals surface area (Å²) in [5.41, 5.74) is 1.56. The number of aliphatic carboxylic acids is 1. The molecule has 124 valence electrons. The van der Waals surface area contributed by atoms with Crippen LogP contribution < -0.4 is 4.74 Å². The van der Waals surface area contributed by atoms with Gasteiger partial charge in [-0.2, -0.15) is 0 Å². The van der Waals surface area contributed by atoms with Gasteiger partial charge in [-0.05, 0) is 69.6 Å². The van der Waals surface area contributed by atoms with Crippen molar-refractivity contribution in [3.05, 3.63) is 29.3 Å². The van der Waals surface area contributed by atoms with Crippen molar-refractivity contribution in [2.75, 3.05) is 6.61 Å². The fraction of sp³-hybridized carbons (Fsp3) is 0.632. The highest BCUT2D eigenvalue weighted by Gasteiger charge is 2.36. The van der Waals surface area contributed by atoms with Crippen LogP contribution in [-0.4, -0.2) is 17.7 Å². The second-order valence-electron chi connectivity index (χ2n) is 7.26. The van der Waals surface area contributed by atoms with Gasteiger partial charge in [-0.1, -0.05) is 26.0 Å². The molecule has 0 radical (unpaired) electrons. The normalized spacial score (nSPS) is 13.2. The lowest BCUT2D eigenvalue weighted by Crippen LogP contribution is -2.34. The maximum atomic E-state index is 11.5. The average molecular weight is 306 g/mol. The van der Waals surface area contributed by atoms with E-state index in [-0.39, 0.29) is 5.92 Å². The van der Waals surface area contributed by atoms with Crippen molar-refractivity contribution in [1.29, 1.82) is 0 Å². The molecule has 3 heteroatoms. The number of rotatable bonds is 8. The van der Waals surface area contributed by atoms with Gasteiger partial charge in [0, 0.05) is 0 Å². The molecule has 0 saturated heterocycles. The smallest absolute Gasteiger partial charge is 0.309 e. The lowest BCUT2D eigenvalue weighted by atomic mass is 9.73. The minimum absolute atomic E-state index is 0.107. The van der Waals surface area contributed by atoms with Gasteiger partial charge in [0.05, 0.1) is 12.0 Å². The van der Waals surface area contributed by atoms with Crippen LogP contribution in [0.3, 0.4) is 0 Å². The van der Waals surface area contributed by atoms with Crippen molar-refractivity contribution in [3.63, 3.8) is 0 Å². The quantitative estimate of drug-likeness (QED) is 0.747. The molecule has 0 aliphatic heterocycles. The predicted octanol–water partition coefficient (Wildman–Crippen LogP) is 4.85. The van der Waals surface area contributed by atoms with E-state index in [0.717, 1.165) is 24.2 Å². The van der Waals surface area contributed by atoms with Crippen LogP contribution in [0.2, 0.25) is 0 Å². The van der Waals surface area contributed by atoms with Gasteiger partial charge in [-0.3, -0.25) is 4.79 Å². The third-order valence-corrected chi connectivity index (χ3v) is 4.40. The molecular weight excluding hydrogens is 276 g/mol. The van der Waals surface area contributed by atoms with Gasteiger partial charge in [0.2, 0.25) is 0 Å². The van der Waals surface area contributed by atoms with Crippen LogP contribution in [0.25, 0.3) is 0 Å². The standard InChI is InChI=1S/C19H30O3/c1-13(2)11-16(19(5,6)18(20)21)9-10-22-17-12-14(3)7-8-15(17)4/h7-8,12-13,16H,9-11H2,1-6H3,(H,20,21). The zero-order valence-electron chi connectivity index (χ0n) is 14.8. The van der Waals surface area contributed by atoms with Crippen molar-refractivity contribution in [3.8, 4) is 5.75 Å². The molecule has 0 heterocycles. The van der Waals surface area contributed by atoms with E-state index in [2.05, 4.69) is 26.0 Å². The van der Waals surface area contributed by atoms with Crippen molar-refractivity contribution in [2.45, 2.75) is 54.4 Å². The van der Waals surface area contributed by atoms with E-state index >= 15 is 0 Å². The van der Waals surface area contributed by atoms with Crippen molar-refractivity contribution in [1.82, 2.24) is 0 Å². The maximum absolute atomic E-state index is 11.5. The number of hydrogen-bond donors (Lipinski definition) is 1. The molecule has 0 spiro atoms. The van der Waals surface area contributed by atoms with Gasteiger partial charge in [0.1, 0.15) is 5.75 Å². The first-order chi connectivity index (χ1) is 10.1. The summed E-state index contributed by atoms with van der Waals surface area (Å²) < 4.78 is 5.91. The summed E-state index contributed by atoms with van der Waals surface area (Å²) in [6, 6.07) is 6.16. The first-order valence-corrected chi connectivity index (χ1v) is 8.08. The van der Waals surface area contributed by atoms with E-state index in [1.165, 1.54) is 5.56 Å². The number of ether oxygens (including phenoxy) is 1. The monoisotopic (exact) mass is 306 g/mol. The topological polar surface area (TPSA) is 46.5 Å². The number of carboxylic acids is 1. The lowest BCUT2D eigenvalue weighted by Gasteiger charge is -2.31. The van der Waals surface area contributed by atoms with Gasteiger partial charge < -0.3 is 9.84 Å². The van der Waals surface area contributed by atoms with E-state index in [1.807, 2.05) is 33.8 Å². The summed E-state index contributed by atoms with van der Waals surface area (Å²) in [7, 11) is 0. The van der Waals surface area contributed by atoms with E-state index in [9.17, 15) is 9.90 Å². The zero-order chi connectivity index (χ0) is 16.9. The maximum Gasteiger partial charge on any atom is 0.309 e. The Morgan fingerprint density at radius 3 is 2.45 bits per heavy atom. The highest BCUT2D eigenvalue weighted by Crippen LogP contribution is 2.35. The summed E-state index contributed by atoms with van der Waals surface area (Å²) in [4.78, 5) is 11.5. The Balaban J connectivity index is 2.71. The molecule has 1 unspecified atom stereocenters. The van der Waals surface area contributed by atoms with Crippen molar-refractivity contribution >= 4 is 5.97 Å². The minimum Gasteiger partial charge on any atom is -0.493 e. The fourth-order valence-corrected chi connectivity index (χ4v) is 2.69. The third kappa shape index (κ3) is 5.04. The second-order valence-corrected chi connectivity index (χ2v) is 7.26. The van der Waals surface area contributed by atoms with E-state index in [0.29, 0.717) is 12.5 Å². The molecular formula is C19H30O3. The SMILES string of the molecule is Cc1ccc(C)c(OCCC(CC(C)C)C(C)(C)C(=O)O)c1. The van der Waals surface area contributed by atoms with Crippen LogP contribution in [0.1, 0.15) is 51.7 Å². The molecule has 0 saturated carbocycles. The minimum atomic E-state index is -0.732. The van der Waals surface area contributed by atoms with E-state index in [1.54, 1.807) is 0 Å². The molecule has 0 aromatic heterocycles. The van der Waals surface area contributed by atoms with Crippen LogP contribution in [0.5, 0.6) is 5.75 Å². The number of carbonyl (C=O) groups is 1. The number of benzene rings is 1. The highest BCUT2D eigenvalue weighted by atomic mass is 16.5. The Labute approximate surface area is 134 Å². The summed E-state index contributed by atoms with van der Waals surface area (Å²) in [6.45, 7) is 12.5. The molecule has 1 atom stereocenters. The van der Waals surface area contributed by atoms with Gasteiger partial charge in [0.25, 0.3) is 0 Å². The van der Waals surface area contributed by atoms with Gasteiger partial charge in [-0.25, -0.2) is 0 Å². The predicted molar refractivity (Wildman–Crippen MR) is 90.4 cm³/mol. The van der Waals surface area contributed by atoms with Crippen LogP contribution >= 0.6 is 0 Å². The molecule has 1 rings (SSSR count).